The highest BCUT2D eigenvalue weighted by Crippen LogP contribution is 2.38. The lowest BCUT2D eigenvalue weighted by molar-refractivity contribution is 0.174. The molecule has 174 valence electrons. The lowest BCUT2D eigenvalue weighted by atomic mass is 10.0. The van der Waals surface area contributed by atoms with Gasteiger partial charge in [-0.3, -0.25) is 0 Å². The van der Waals surface area contributed by atoms with E-state index in [1.54, 1.807) is 0 Å². The number of benzene rings is 4. The van der Waals surface area contributed by atoms with Crippen molar-refractivity contribution < 1.29 is 18.9 Å². The molecule has 0 saturated carbocycles. The zero-order valence-electron chi connectivity index (χ0n) is 19.1. The quantitative estimate of drug-likeness (QED) is 0.132. The molecule has 1 aliphatic heterocycles. The molecule has 0 radical (unpaired) electrons. The molecule has 0 bridgehead atoms. The van der Waals surface area contributed by atoms with E-state index in [4.69, 9.17) is 18.9 Å². The van der Waals surface area contributed by atoms with Gasteiger partial charge in [0.1, 0.15) is 6.61 Å². The Morgan fingerprint density at radius 2 is 1.83 bits per heavy atom. The highest BCUT2D eigenvalue weighted by Gasteiger charge is 2.16. The molecule has 0 aromatic heterocycles. The summed E-state index contributed by atoms with van der Waals surface area (Å²) in [6.07, 6.45) is 1.84. The SMILES string of the molecule is CCOc1cc(/C=C(/C#N)c2ccc3c(c2)OCO3)cc(I)c1OCc1cccc2ccccc12. The monoisotopic (exact) mass is 575 g/mol. The van der Waals surface area contributed by atoms with Gasteiger partial charge in [-0.2, -0.15) is 5.26 Å². The number of fused-ring (bicyclic) bond motifs is 2. The summed E-state index contributed by atoms with van der Waals surface area (Å²) in [5.41, 5.74) is 3.25. The Kier molecular flexibility index (Phi) is 6.77. The van der Waals surface area contributed by atoms with Crippen LogP contribution in [0.2, 0.25) is 0 Å². The number of nitriles is 1. The maximum atomic E-state index is 9.83. The van der Waals surface area contributed by atoms with Crippen LogP contribution >= 0.6 is 22.6 Å². The van der Waals surface area contributed by atoms with Gasteiger partial charge >= 0.3 is 0 Å². The van der Waals surface area contributed by atoms with Gasteiger partial charge in [-0.15, -0.1) is 0 Å². The third-order valence-corrected chi connectivity index (χ3v) is 6.50. The second-order valence-electron chi connectivity index (χ2n) is 7.93. The number of hydrogen-bond acceptors (Lipinski definition) is 5. The van der Waals surface area contributed by atoms with E-state index in [0.717, 1.165) is 20.3 Å². The van der Waals surface area contributed by atoms with E-state index in [1.807, 2.05) is 61.5 Å². The summed E-state index contributed by atoms with van der Waals surface area (Å²) in [7, 11) is 0. The van der Waals surface area contributed by atoms with Crippen molar-refractivity contribution in [1.82, 2.24) is 0 Å². The Morgan fingerprint density at radius 1 is 1.00 bits per heavy atom. The predicted octanol–water partition coefficient (Wildman–Crippen LogP) is 7.21. The van der Waals surface area contributed by atoms with E-state index >= 15 is 0 Å². The molecule has 0 saturated heterocycles. The summed E-state index contributed by atoms with van der Waals surface area (Å²) >= 11 is 2.26. The number of halogens is 1. The van der Waals surface area contributed by atoms with E-state index in [-0.39, 0.29) is 6.79 Å². The topological polar surface area (TPSA) is 60.7 Å². The minimum atomic E-state index is 0.195. The van der Waals surface area contributed by atoms with Gasteiger partial charge in [0.25, 0.3) is 0 Å². The summed E-state index contributed by atoms with van der Waals surface area (Å²) in [5, 5.41) is 12.2. The molecule has 35 heavy (non-hydrogen) atoms. The fourth-order valence-corrected chi connectivity index (χ4v) is 4.83. The van der Waals surface area contributed by atoms with Crippen LogP contribution in [0.1, 0.15) is 23.6 Å². The number of allylic oxidation sites excluding steroid dienone is 1. The molecule has 0 N–H and O–H groups in total. The van der Waals surface area contributed by atoms with E-state index in [2.05, 4.69) is 52.9 Å². The summed E-state index contributed by atoms with van der Waals surface area (Å²) in [5.74, 6) is 2.67. The van der Waals surface area contributed by atoms with Crippen molar-refractivity contribution in [1.29, 1.82) is 5.26 Å². The maximum absolute atomic E-state index is 9.83. The van der Waals surface area contributed by atoms with Gasteiger partial charge in [0.2, 0.25) is 6.79 Å². The Morgan fingerprint density at radius 3 is 2.69 bits per heavy atom. The van der Waals surface area contributed by atoms with Gasteiger partial charge in [-0.25, -0.2) is 0 Å². The number of ether oxygens (including phenoxy) is 4. The van der Waals surface area contributed by atoms with Crippen LogP contribution in [-0.2, 0) is 6.61 Å². The van der Waals surface area contributed by atoms with Gasteiger partial charge in [0.15, 0.2) is 23.0 Å². The largest absolute Gasteiger partial charge is 0.490 e. The van der Waals surface area contributed by atoms with Crippen molar-refractivity contribution in [2.45, 2.75) is 13.5 Å². The van der Waals surface area contributed by atoms with Crippen LogP contribution in [-0.4, -0.2) is 13.4 Å². The van der Waals surface area contributed by atoms with Gasteiger partial charge in [0, 0.05) is 0 Å². The lowest BCUT2D eigenvalue weighted by Crippen LogP contribution is -2.02. The molecule has 0 atom stereocenters. The van der Waals surface area contributed by atoms with E-state index in [1.165, 1.54) is 10.8 Å². The predicted molar refractivity (Wildman–Crippen MR) is 145 cm³/mol. The van der Waals surface area contributed by atoms with Crippen LogP contribution in [0, 0.1) is 14.9 Å². The molecule has 1 aliphatic rings. The molecule has 4 aromatic carbocycles. The van der Waals surface area contributed by atoms with Crippen molar-refractivity contribution in [2.24, 2.45) is 0 Å². The molecule has 1 heterocycles. The lowest BCUT2D eigenvalue weighted by Gasteiger charge is -2.16. The molecule has 5 nitrogen and oxygen atoms in total. The highest BCUT2D eigenvalue weighted by molar-refractivity contribution is 14.1. The summed E-state index contributed by atoms with van der Waals surface area (Å²) in [6.45, 7) is 3.06. The smallest absolute Gasteiger partial charge is 0.231 e. The zero-order chi connectivity index (χ0) is 24.2. The highest BCUT2D eigenvalue weighted by atomic mass is 127. The van der Waals surface area contributed by atoms with Crippen LogP contribution < -0.4 is 18.9 Å². The first-order chi connectivity index (χ1) is 17.2. The molecule has 0 fully saturated rings. The molecule has 0 unspecified atom stereocenters. The van der Waals surface area contributed by atoms with E-state index < -0.39 is 0 Å². The van der Waals surface area contributed by atoms with Crippen molar-refractivity contribution >= 4 is 45.0 Å². The van der Waals surface area contributed by atoms with Gasteiger partial charge in [0.05, 0.1) is 21.8 Å². The van der Waals surface area contributed by atoms with E-state index in [0.29, 0.717) is 41.8 Å². The Balaban J connectivity index is 1.45. The van der Waals surface area contributed by atoms with Gasteiger partial charge in [-0.05, 0) is 93.4 Å². The third kappa shape index (κ3) is 4.91. The molecular formula is C29H22INO4. The Bertz CT molecular complexity index is 1470. The van der Waals surface area contributed by atoms with Crippen LogP contribution in [0.4, 0.5) is 0 Å². The van der Waals surface area contributed by atoms with Crippen molar-refractivity contribution in [3.63, 3.8) is 0 Å². The first-order valence-corrected chi connectivity index (χ1v) is 12.3. The molecule has 6 heteroatoms. The molecule has 5 rings (SSSR count). The second kappa shape index (κ2) is 10.3. The number of hydrogen-bond donors (Lipinski definition) is 0. The van der Waals surface area contributed by atoms with Gasteiger partial charge in [-0.1, -0.05) is 42.5 Å². The van der Waals surface area contributed by atoms with Crippen LogP contribution in [0.25, 0.3) is 22.4 Å². The Hall–Kier alpha value is -3.70. The van der Waals surface area contributed by atoms with Crippen molar-refractivity contribution in [2.75, 3.05) is 13.4 Å². The molecule has 0 aliphatic carbocycles. The fraction of sp³-hybridized carbons (Fsp3) is 0.138. The van der Waals surface area contributed by atoms with E-state index in [9.17, 15) is 5.26 Å². The minimum Gasteiger partial charge on any atom is -0.490 e. The fourth-order valence-electron chi connectivity index (χ4n) is 4.05. The van der Waals surface area contributed by atoms with Crippen molar-refractivity contribution in [3.8, 4) is 29.1 Å². The number of nitrogens with zero attached hydrogens (tertiary/aromatic N) is 1. The maximum Gasteiger partial charge on any atom is 0.231 e. The first kappa shape index (κ1) is 23.1. The molecular weight excluding hydrogens is 553 g/mol. The Labute approximate surface area is 217 Å². The average molecular weight is 575 g/mol. The average Bonchev–Trinajstić information content (AvgIpc) is 3.35. The zero-order valence-corrected chi connectivity index (χ0v) is 21.2. The molecule has 0 spiro atoms. The number of rotatable bonds is 7. The standard InChI is InChI=1S/C29H22INO4/c1-2-32-28-14-19(12-23(16-31)21-10-11-26-27(15-21)35-18-34-26)13-25(30)29(28)33-17-22-8-5-7-20-6-3-4-9-24(20)22/h3-15H,2,17-18H2,1H3/b23-12-. The summed E-state index contributed by atoms with van der Waals surface area (Å²) in [6, 6.07) is 26.2. The summed E-state index contributed by atoms with van der Waals surface area (Å²) in [4.78, 5) is 0. The summed E-state index contributed by atoms with van der Waals surface area (Å²) < 4.78 is 24.0. The minimum absolute atomic E-state index is 0.195. The van der Waals surface area contributed by atoms with Crippen LogP contribution in [0.15, 0.2) is 72.8 Å². The van der Waals surface area contributed by atoms with Crippen LogP contribution in [0.5, 0.6) is 23.0 Å². The third-order valence-electron chi connectivity index (χ3n) is 5.70. The molecule has 0 amide bonds. The van der Waals surface area contributed by atoms with Crippen LogP contribution in [0.3, 0.4) is 0 Å². The van der Waals surface area contributed by atoms with Gasteiger partial charge < -0.3 is 18.9 Å². The second-order valence-corrected chi connectivity index (χ2v) is 9.09. The molecule has 4 aromatic rings. The first-order valence-electron chi connectivity index (χ1n) is 11.2. The van der Waals surface area contributed by atoms with Crippen molar-refractivity contribution in [3.05, 3.63) is 93.1 Å². The normalized spacial score (nSPS) is 12.4.